The Morgan fingerprint density at radius 3 is 2.32 bits per heavy atom. The lowest BCUT2D eigenvalue weighted by Crippen LogP contribution is -2.45. The lowest BCUT2D eigenvalue weighted by molar-refractivity contribution is -0.142. The second-order valence-electron chi connectivity index (χ2n) is 6.66. The monoisotopic (exact) mass is 350 g/mol. The Labute approximate surface area is 146 Å². The van der Waals surface area contributed by atoms with E-state index in [1.807, 2.05) is 13.8 Å². The normalized spacial score (nSPS) is 19.7. The van der Waals surface area contributed by atoms with Crippen LogP contribution in [0.15, 0.2) is 24.3 Å². The molecule has 1 aromatic carbocycles. The summed E-state index contributed by atoms with van der Waals surface area (Å²) in [7, 11) is 0. The fraction of sp³-hybridized carbons (Fsp3) is 0.500. The first-order chi connectivity index (χ1) is 11.8. The van der Waals surface area contributed by atoms with Crippen LogP contribution in [0.1, 0.15) is 33.1 Å². The van der Waals surface area contributed by atoms with Gasteiger partial charge in [-0.25, -0.2) is 4.39 Å². The average Bonchev–Trinajstić information content (AvgIpc) is 3.04. The van der Waals surface area contributed by atoms with Crippen LogP contribution in [-0.4, -0.2) is 40.4 Å². The molecular formula is C18H23FN2O4. The van der Waals surface area contributed by atoms with Crippen LogP contribution in [0.5, 0.6) is 0 Å². The molecule has 0 heterocycles. The largest absolute Gasteiger partial charge is 0.481 e. The first-order valence-corrected chi connectivity index (χ1v) is 8.36. The quantitative estimate of drug-likeness (QED) is 0.825. The number of rotatable bonds is 6. The molecule has 0 bridgehead atoms. The predicted molar refractivity (Wildman–Crippen MR) is 90.3 cm³/mol. The van der Waals surface area contributed by atoms with E-state index >= 15 is 0 Å². The highest BCUT2D eigenvalue weighted by Crippen LogP contribution is 2.32. The maximum atomic E-state index is 12.9. The van der Waals surface area contributed by atoms with Crippen LogP contribution in [0.3, 0.4) is 0 Å². The highest BCUT2D eigenvalue weighted by atomic mass is 19.1. The molecule has 0 unspecified atom stereocenters. The third-order valence-corrected chi connectivity index (χ3v) is 4.48. The van der Waals surface area contributed by atoms with Crippen molar-refractivity contribution in [3.63, 3.8) is 0 Å². The molecule has 1 fully saturated rings. The number of halogens is 1. The van der Waals surface area contributed by atoms with Gasteiger partial charge in [0, 0.05) is 17.6 Å². The summed E-state index contributed by atoms with van der Waals surface area (Å²) in [5, 5.41) is 11.7. The van der Waals surface area contributed by atoms with Crippen LogP contribution in [-0.2, 0) is 14.4 Å². The Morgan fingerprint density at radius 2 is 1.80 bits per heavy atom. The summed E-state index contributed by atoms with van der Waals surface area (Å²) in [6.07, 6.45) is 1.33. The van der Waals surface area contributed by atoms with Crippen molar-refractivity contribution in [3.05, 3.63) is 30.1 Å². The first kappa shape index (κ1) is 18.9. The van der Waals surface area contributed by atoms with Crippen LogP contribution in [0.25, 0.3) is 0 Å². The number of nitrogens with one attached hydrogen (secondary N) is 1. The number of carboxylic acids is 1. The minimum Gasteiger partial charge on any atom is -0.481 e. The fourth-order valence-corrected chi connectivity index (χ4v) is 3.07. The van der Waals surface area contributed by atoms with Crippen molar-refractivity contribution in [1.29, 1.82) is 0 Å². The molecule has 1 aliphatic rings. The van der Waals surface area contributed by atoms with E-state index in [-0.39, 0.29) is 30.3 Å². The Kier molecular flexibility index (Phi) is 6.12. The molecule has 2 N–H and O–H groups in total. The minimum atomic E-state index is -0.875. The van der Waals surface area contributed by atoms with E-state index < -0.39 is 17.7 Å². The predicted octanol–water partition coefficient (Wildman–Crippen LogP) is 2.50. The molecule has 0 radical (unpaired) electrons. The lowest BCUT2D eigenvalue weighted by Gasteiger charge is -2.29. The van der Waals surface area contributed by atoms with Crippen molar-refractivity contribution in [2.45, 2.75) is 39.2 Å². The number of hydrogen-bond acceptors (Lipinski definition) is 3. The zero-order valence-corrected chi connectivity index (χ0v) is 14.4. The van der Waals surface area contributed by atoms with Gasteiger partial charge in [0.05, 0.1) is 5.92 Å². The SMILES string of the molecule is CC(C)N(CC(=O)Nc1ccc(F)cc1)C(=O)[C@@H]1CC[C@H](C(=O)O)C1. The summed E-state index contributed by atoms with van der Waals surface area (Å²) in [6, 6.07) is 5.19. The standard InChI is InChI=1S/C18H23FN2O4/c1-11(2)21(17(23)12-3-4-13(9-12)18(24)25)10-16(22)20-15-7-5-14(19)6-8-15/h5-8,11-13H,3-4,9-10H2,1-2H3,(H,20,22)(H,24,25)/t12-,13+/m1/s1. The molecule has 2 rings (SSSR count). The topological polar surface area (TPSA) is 86.7 Å². The number of nitrogens with zero attached hydrogens (tertiary/aromatic N) is 1. The van der Waals surface area contributed by atoms with Crippen molar-refractivity contribution in [3.8, 4) is 0 Å². The molecule has 0 aliphatic heterocycles. The molecule has 6 nitrogen and oxygen atoms in total. The van der Waals surface area contributed by atoms with Gasteiger partial charge in [-0.05, 0) is 57.4 Å². The van der Waals surface area contributed by atoms with E-state index in [2.05, 4.69) is 5.32 Å². The number of aliphatic carboxylic acids is 1. The zero-order valence-electron chi connectivity index (χ0n) is 14.4. The maximum absolute atomic E-state index is 12.9. The molecule has 2 amide bonds. The zero-order chi connectivity index (χ0) is 18.6. The van der Waals surface area contributed by atoms with Gasteiger partial charge < -0.3 is 15.3 Å². The van der Waals surface area contributed by atoms with E-state index in [1.54, 1.807) is 0 Å². The van der Waals surface area contributed by atoms with E-state index in [0.717, 1.165) is 0 Å². The van der Waals surface area contributed by atoms with Crippen molar-refractivity contribution in [2.24, 2.45) is 11.8 Å². The van der Waals surface area contributed by atoms with Crippen molar-refractivity contribution < 1.29 is 23.9 Å². The molecule has 1 aromatic rings. The second-order valence-corrected chi connectivity index (χ2v) is 6.66. The molecule has 0 spiro atoms. The molecule has 1 aliphatic carbocycles. The smallest absolute Gasteiger partial charge is 0.306 e. The third-order valence-electron chi connectivity index (χ3n) is 4.48. The van der Waals surface area contributed by atoms with Crippen molar-refractivity contribution >= 4 is 23.5 Å². The molecule has 136 valence electrons. The minimum absolute atomic E-state index is 0.123. The van der Waals surface area contributed by atoms with Gasteiger partial charge >= 0.3 is 5.97 Å². The number of amides is 2. The number of carbonyl (C=O) groups is 3. The van der Waals surface area contributed by atoms with Gasteiger partial charge in [-0.15, -0.1) is 0 Å². The molecule has 1 saturated carbocycles. The highest BCUT2D eigenvalue weighted by Gasteiger charge is 2.36. The number of carboxylic acid groups (broad SMARTS) is 1. The summed E-state index contributed by atoms with van der Waals surface area (Å²) >= 11 is 0. The Balaban J connectivity index is 1.98. The van der Waals surface area contributed by atoms with Gasteiger partial charge in [-0.1, -0.05) is 0 Å². The van der Waals surface area contributed by atoms with E-state index in [0.29, 0.717) is 24.9 Å². The van der Waals surface area contributed by atoms with Gasteiger partial charge in [-0.3, -0.25) is 14.4 Å². The summed E-state index contributed by atoms with van der Waals surface area (Å²) in [5.41, 5.74) is 0.453. The first-order valence-electron chi connectivity index (χ1n) is 8.36. The molecule has 2 atom stereocenters. The average molecular weight is 350 g/mol. The van der Waals surface area contributed by atoms with Gasteiger partial charge in [0.25, 0.3) is 0 Å². The molecule has 0 saturated heterocycles. The van der Waals surface area contributed by atoms with Crippen LogP contribution in [0.4, 0.5) is 10.1 Å². The maximum Gasteiger partial charge on any atom is 0.306 e. The van der Waals surface area contributed by atoms with E-state index in [1.165, 1.54) is 29.2 Å². The Morgan fingerprint density at radius 1 is 1.20 bits per heavy atom. The fourth-order valence-electron chi connectivity index (χ4n) is 3.07. The highest BCUT2D eigenvalue weighted by molar-refractivity contribution is 5.95. The van der Waals surface area contributed by atoms with E-state index in [9.17, 15) is 18.8 Å². The second kappa shape index (κ2) is 8.09. The molecule has 0 aromatic heterocycles. The van der Waals surface area contributed by atoms with Crippen LogP contribution in [0, 0.1) is 17.7 Å². The summed E-state index contributed by atoms with van der Waals surface area (Å²) in [6.45, 7) is 3.50. The molecular weight excluding hydrogens is 327 g/mol. The third kappa shape index (κ3) is 5.01. The number of anilines is 1. The summed E-state index contributed by atoms with van der Waals surface area (Å²) in [5.74, 6) is -2.68. The Hall–Kier alpha value is -2.44. The molecule has 25 heavy (non-hydrogen) atoms. The Bertz CT molecular complexity index is 645. The van der Waals surface area contributed by atoms with Gasteiger partial charge in [0.2, 0.25) is 11.8 Å². The summed E-state index contributed by atoms with van der Waals surface area (Å²) in [4.78, 5) is 37.4. The number of carbonyl (C=O) groups excluding carboxylic acids is 2. The number of hydrogen-bond donors (Lipinski definition) is 2. The van der Waals surface area contributed by atoms with Crippen molar-refractivity contribution in [2.75, 3.05) is 11.9 Å². The summed E-state index contributed by atoms with van der Waals surface area (Å²) < 4.78 is 12.9. The van der Waals surface area contributed by atoms with Gasteiger partial charge in [-0.2, -0.15) is 0 Å². The van der Waals surface area contributed by atoms with E-state index in [4.69, 9.17) is 5.11 Å². The van der Waals surface area contributed by atoms with Gasteiger partial charge in [0.1, 0.15) is 12.4 Å². The van der Waals surface area contributed by atoms with Gasteiger partial charge in [0.15, 0.2) is 0 Å². The number of benzene rings is 1. The van der Waals surface area contributed by atoms with Crippen LogP contribution >= 0.6 is 0 Å². The van der Waals surface area contributed by atoms with Crippen molar-refractivity contribution in [1.82, 2.24) is 4.90 Å². The molecule has 7 heteroatoms. The van der Waals surface area contributed by atoms with Crippen LogP contribution < -0.4 is 5.32 Å². The van der Waals surface area contributed by atoms with Crippen LogP contribution in [0.2, 0.25) is 0 Å². The lowest BCUT2D eigenvalue weighted by atomic mass is 10.0.